The maximum atomic E-state index is 13.4. The van der Waals surface area contributed by atoms with E-state index in [0.717, 1.165) is 0 Å². The lowest BCUT2D eigenvalue weighted by Gasteiger charge is -2.06. The number of anilines is 1. The van der Waals surface area contributed by atoms with Crippen LogP contribution in [0.15, 0.2) is 69.0 Å². The first-order chi connectivity index (χ1) is 13.1. The summed E-state index contributed by atoms with van der Waals surface area (Å²) in [4.78, 5) is 17.5. The van der Waals surface area contributed by atoms with Gasteiger partial charge in [-0.15, -0.1) is 11.3 Å². The van der Waals surface area contributed by atoms with Crippen LogP contribution in [0.1, 0.15) is 10.4 Å². The van der Waals surface area contributed by atoms with Gasteiger partial charge in [0.2, 0.25) is 5.82 Å². The molecule has 2 aromatic carbocycles. The highest BCUT2D eigenvalue weighted by Crippen LogP contribution is 2.34. The standard InChI is InChI=1S/C19H11BrFN3O2S/c20-14-7-2-1-6-13(14)18(25)22-15-8-9-27-16(15)19-23-17(24-26-19)11-4-3-5-12(21)10-11/h1-10H,(H,22,25). The van der Waals surface area contributed by atoms with Gasteiger partial charge in [0, 0.05) is 10.0 Å². The zero-order valence-corrected chi connectivity index (χ0v) is 16.1. The number of halogens is 2. The zero-order chi connectivity index (χ0) is 18.8. The molecule has 2 aromatic heterocycles. The van der Waals surface area contributed by atoms with Gasteiger partial charge in [-0.1, -0.05) is 29.4 Å². The number of thiophene rings is 1. The highest BCUT2D eigenvalue weighted by Gasteiger charge is 2.18. The predicted octanol–water partition coefficient (Wildman–Crippen LogP) is 5.62. The molecule has 1 N–H and O–H groups in total. The number of hydrogen-bond donors (Lipinski definition) is 1. The Kier molecular flexibility index (Phi) is 4.83. The van der Waals surface area contributed by atoms with Gasteiger partial charge >= 0.3 is 0 Å². The lowest BCUT2D eigenvalue weighted by atomic mass is 10.2. The minimum Gasteiger partial charge on any atom is -0.333 e. The van der Waals surface area contributed by atoms with E-state index in [1.807, 2.05) is 11.4 Å². The first-order valence-corrected chi connectivity index (χ1v) is 9.52. The summed E-state index contributed by atoms with van der Waals surface area (Å²) in [6.45, 7) is 0. The van der Waals surface area contributed by atoms with E-state index in [0.29, 0.717) is 26.2 Å². The second kappa shape index (κ2) is 7.42. The van der Waals surface area contributed by atoms with Gasteiger partial charge in [-0.2, -0.15) is 4.98 Å². The Morgan fingerprint density at radius 3 is 2.81 bits per heavy atom. The van der Waals surface area contributed by atoms with Crippen LogP contribution in [0.5, 0.6) is 0 Å². The Hall–Kier alpha value is -2.84. The van der Waals surface area contributed by atoms with E-state index in [2.05, 4.69) is 31.4 Å². The predicted molar refractivity (Wildman–Crippen MR) is 105 cm³/mol. The van der Waals surface area contributed by atoms with E-state index in [1.54, 1.807) is 36.4 Å². The lowest BCUT2D eigenvalue weighted by molar-refractivity contribution is 0.102. The van der Waals surface area contributed by atoms with Crippen molar-refractivity contribution in [1.29, 1.82) is 0 Å². The number of benzene rings is 2. The molecule has 0 bridgehead atoms. The van der Waals surface area contributed by atoms with Gasteiger partial charge in [0.15, 0.2) is 0 Å². The maximum absolute atomic E-state index is 13.4. The maximum Gasteiger partial charge on any atom is 0.270 e. The third-order valence-corrected chi connectivity index (χ3v) is 5.33. The molecule has 0 saturated heterocycles. The monoisotopic (exact) mass is 443 g/mol. The van der Waals surface area contributed by atoms with Crippen molar-refractivity contribution in [3.8, 4) is 22.2 Å². The molecule has 4 rings (SSSR count). The summed E-state index contributed by atoms with van der Waals surface area (Å²) in [5.41, 5.74) is 1.59. The Bertz CT molecular complexity index is 1130. The molecule has 0 atom stereocenters. The van der Waals surface area contributed by atoms with E-state index >= 15 is 0 Å². The Balaban J connectivity index is 1.61. The van der Waals surface area contributed by atoms with Gasteiger partial charge in [0.05, 0.1) is 11.3 Å². The zero-order valence-electron chi connectivity index (χ0n) is 13.6. The molecule has 0 spiro atoms. The third-order valence-electron chi connectivity index (χ3n) is 3.73. The highest BCUT2D eigenvalue weighted by molar-refractivity contribution is 9.10. The molecule has 0 radical (unpaired) electrons. The lowest BCUT2D eigenvalue weighted by Crippen LogP contribution is -2.12. The molecule has 0 saturated carbocycles. The number of nitrogens with one attached hydrogen (secondary N) is 1. The fourth-order valence-electron chi connectivity index (χ4n) is 2.47. The van der Waals surface area contributed by atoms with Crippen molar-refractivity contribution in [2.24, 2.45) is 0 Å². The van der Waals surface area contributed by atoms with Crippen molar-refractivity contribution in [3.63, 3.8) is 0 Å². The fourth-order valence-corrected chi connectivity index (χ4v) is 3.70. The van der Waals surface area contributed by atoms with Crippen molar-refractivity contribution in [2.75, 3.05) is 5.32 Å². The van der Waals surface area contributed by atoms with Crippen LogP contribution in [-0.4, -0.2) is 16.0 Å². The number of hydrogen-bond acceptors (Lipinski definition) is 5. The van der Waals surface area contributed by atoms with Crippen LogP contribution in [0.3, 0.4) is 0 Å². The van der Waals surface area contributed by atoms with Crippen LogP contribution in [0.2, 0.25) is 0 Å². The molecule has 8 heteroatoms. The van der Waals surface area contributed by atoms with Crippen LogP contribution in [0.25, 0.3) is 22.2 Å². The topological polar surface area (TPSA) is 68.0 Å². The summed E-state index contributed by atoms with van der Waals surface area (Å²) in [5.74, 6) is -0.101. The summed E-state index contributed by atoms with van der Waals surface area (Å²) < 4.78 is 19.4. The molecule has 4 aromatic rings. The van der Waals surface area contributed by atoms with E-state index < -0.39 is 0 Å². The molecule has 0 unspecified atom stereocenters. The molecular weight excluding hydrogens is 433 g/mol. The third kappa shape index (κ3) is 3.67. The SMILES string of the molecule is O=C(Nc1ccsc1-c1nc(-c2cccc(F)c2)no1)c1ccccc1Br. The fraction of sp³-hybridized carbons (Fsp3) is 0. The Morgan fingerprint density at radius 1 is 1.15 bits per heavy atom. The van der Waals surface area contributed by atoms with Crippen LogP contribution >= 0.6 is 27.3 Å². The quantitative estimate of drug-likeness (QED) is 0.444. The average molecular weight is 444 g/mol. The van der Waals surface area contributed by atoms with Crippen molar-refractivity contribution in [1.82, 2.24) is 10.1 Å². The Labute approximate surface area is 166 Å². The van der Waals surface area contributed by atoms with Crippen LogP contribution in [0, 0.1) is 5.82 Å². The first-order valence-electron chi connectivity index (χ1n) is 7.85. The second-order valence-corrected chi connectivity index (χ2v) is 7.30. The van der Waals surface area contributed by atoms with Gasteiger partial charge in [-0.25, -0.2) is 4.39 Å². The molecule has 1 amide bonds. The van der Waals surface area contributed by atoms with Crippen LogP contribution in [-0.2, 0) is 0 Å². The summed E-state index contributed by atoms with van der Waals surface area (Å²) in [6, 6.07) is 14.9. The van der Waals surface area contributed by atoms with Crippen LogP contribution in [0.4, 0.5) is 10.1 Å². The molecule has 5 nitrogen and oxygen atoms in total. The molecule has 0 aliphatic carbocycles. The minimum atomic E-state index is -0.378. The molecule has 0 aliphatic heterocycles. The molecule has 0 fully saturated rings. The summed E-state index contributed by atoms with van der Waals surface area (Å²) in [5, 5.41) is 8.58. The number of carbonyl (C=O) groups excluding carboxylic acids is 1. The van der Waals surface area contributed by atoms with Gasteiger partial charge < -0.3 is 9.84 Å². The molecule has 0 aliphatic rings. The largest absolute Gasteiger partial charge is 0.333 e. The Morgan fingerprint density at radius 2 is 2.00 bits per heavy atom. The average Bonchev–Trinajstić information content (AvgIpc) is 3.31. The van der Waals surface area contributed by atoms with Crippen molar-refractivity contribution in [2.45, 2.75) is 0 Å². The van der Waals surface area contributed by atoms with Gasteiger partial charge in [-0.3, -0.25) is 4.79 Å². The molecule has 2 heterocycles. The van der Waals surface area contributed by atoms with Crippen molar-refractivity contribution < 1.29 is 13.7 Å². The van der Waals surface area contributed by atoms with Crippen molar-refractivity contribution in [3.05, 3.63) is 75.8 Å². The van der Waals surface area contributed by atoms with Gasteiger partial charge in [0.25, 0.3) is 11.8 Å². The highest BCUT2D eigenvalue weighted by atomic mass is 79.9. The number of rotatable bonds is 4. The summed E-state index contributed by atoms with van der Waals surface area (Å²) >= 11 is 4.73. The smallest absolute Gasteiger partial charge is 0.270 e. The molecule has 134 valence electrons. The van der Waals surface area contributed by atoms with Gasteiger partial charge in [0.1, 0.15) is 10.7 Å². The summed E-state index contributed by atoms with van der Waals surface area (Å²) in [7, 11) is 0. The normalized spacial score (nSPS) is 10.7. The van der Waals surface area contributed by atoms with Gasteiger partial charge in [-0.05, 0) is 51.6 Å². The first kappa shape index (κ1) is 17.6. The number of aromatic nitrogens is 2. The number of amides is 1. The van der Waals surface area contributed by atoms with E-state index in [9.17, 15) is 9.18 Å². The number of nitrogens with zero attached hydrogens (tertiary/aromatic N) is 2. The summed E-state index contributed by atoms with van der Waals surface area (Å²) in [6.07, 6.45) is 0. The number of carbonyl (C=O) groups is 1. The minimum absolute atomic E-state index is 0.256. The molecular formula is C19H11BrFN3O2S. The second-order valence-electron chi connectivity index (χ2n) is 5.53. The van der Waals surface area contributed by atoms with Crippen molar-refractivity contribution >= 4 is 38.9 Å². The van der Waals surface area contributed by atoms with Crippen LogP contribution < -0.4 is 5.32 Å². The van der Waals surface area contributed by atoms with E-state index in [4.69, 9.17) is 4.52 Å². The van der Waals surface area contributed by atoms with E-state index in [1.165, 1.54) is 23.5 Å². The molecule has 27 heavy (non-hydrogen) atoms. The van der Waals surface area contributed by atoms with E-state index in [-0.39, 0.29) is 23.4 Å².